The van der Waals surface area contributed by atoms with E-state index < -0.39 is 0 Å². The smallest absolute Gasteiger partial charge is 0.249 e. The Kier molecular flexibility index (Phi) is 4.97. The number of carbonyl (C=O) groups is 1. The predicted octanol–water partition coefficient (Wildman–Crippen LogP) is 4.68. The van der Waals surface area contributed by atoms with E-state index in [1.165, 1.54) is 17.4 Å². The van der Waals surface area contributed by atoms with Crippen LogP contribution in [0.3, 0.4) is 0 Å². The Hall–Kier alpha value is -3.91. The third kappa shape index (κ3) is 4.06. The second-order valence-electron chi connectivity index (χ2n) is 6.90. The molecule has 3 heterocycles. The lowest BCUT2D eigenvalue weighted by atomic mass is 10.2. The SMILES string of the molecule is Cc1cc(NC(=O)/C=C/c2ccc3c(c2)OCO3)n(-c2nc(-c3ccccc3)cs2)n1. The summed E-state index contributed by atoms with van der Waals surface area (Å²) in [6.45, 7) is 2.09. The standard InChI is InChI=1S/C23H18N4O3S/c1-15-11-21(25-22(28)10-8-16-7-9-19-20(12-16)30-14-29-19)27(26-15)23-24-18(13-31-23)17-5-3-2-4-6-17/h2-13H,14H2,1H3,(H,25,28)/b10-8+. The van der Waals surface area contributed by atoms with Crippen LogP contribution in [0.15, 0.2) is 66.1 Å². The summed E-state index contributed by atoms with van der Waals surface area (Å²) in [5, 5.41) is 10.0. The zero-order valence-corrected chi connectivity index (χ0v) is 17.4. The number of rotatable bonds is 5. The van der Waals surface area contributed by atoms with Crippen LogP contribution in [0.25, 0.3) is 22.5 Å². The fraction of sp³-hybridized carbons (Fsp3) is 0.0870. The average Bonchev–Trinajstić information content (AvgIpc) is 3.52. The average molecular weight is 430 g/mol. The minimum absolute atomic E-state index is 0.217. The molecule has 2 aromatic carbocycles. The minimum atomic E-state index is -0.265. The van der Waals surface area contributed by atoms with Crippen molar-refractivity contribution in [2.24, 2.45) is 0 Å². The number of benzene rings is 2. The zero-order chi connectivity index (χ0) is 21.2. The number of hydrogen-bond donors (Lipinski definition) is 1. The molecular formula is C23H18N4O3S. The molecular weight excluding hydrogens is 412 g/mol. The van der Waals surface area contributed by atoms with Crippen molar-refractivity contribution in [3.8, 4) is 27.9 Å². The number of fused-ring (bicyclic) bond motifs is 1. The monoisotopic (exact) mass is 430 g/mol. The van der Waals surface area contributed by atoms with Crippen molar-refractivity contribution in [1.82, 2.24) is 14.8 Å². The van der Waals surface area contributed by atoms with Crippen LogP contribution < -0.4 is 14.8 Å². The molecule has 0 spiro atoms. The van der Waals surface area contributed by atoms with Crippen LogP contribution in [0.5, 0.6) is 11.5 Å². The largest absolute Gasteiger partial charge is 0.454 e. The molecule has 0 bridgehead atoms. The molecule has 1 aliphatic rings. The van der Waals surface area contributed by atoms with Crippen LogP contribution >= 0.6 is 11.3 Å². The maximum atomic E-state index is 12.5. The van der Waals surface area contributed by atoms with Gasteiger partial charge in [0.15, 0.2) is 11.5 Å². The van der Waals surface area contributed by atoms with Gasteiger partial charge in [-0.05, 0) is 30.7 Å². The van der Waals surface area contributed by atoms with Crippen molar-refractivity contribution in [3.05, 3.63) is 77.3 Å². The van der Waals surface area contributed by atoms with Crippen molar-refractivity contribution in [2.75, 3.05) is 12.1 Å². The molecule has 0 fully saturated rings. The maximum Gasteiger partial charge on any atom is 0.249 e. The topological polar surface area (TPSA) is 78.3 Å². The van der Waals surface area contributed by atoms with Gasteiger partial charge in [-0.3, -0.25) is 4.79 Å². The quantitative estimate of drug-likeness (QED) is 0.465. The van der Waals surface area contributed by atoms with E-state index in [1.54, 1.807) is 10.8 Å². The van der Waals surface area contributed by atoms with Crippen molar-refractivity contribution >= 4 is 29.1 Å². The summed E-state index contributed by atoms with van der Waals surface area (Å²) in [4.78, 5) is 17.2. The fourth-order valence-electron chi connectivity index (χ4n) is 3.19. The number of anilines is 1. The van der Waals surface area contributed by atoms with E-state index in [1.807, 2.05) is 66.9 Å². The number of amides is 1. The molecule has 31 heavy (non-hydrogen) atoms. The van der Waals surface area contributed by atoms with Crippen LogP contribution in [0.4, 0.5) is 5.82 Å². The molecule has 5 rings (SSSR count). The normalized spacial score (nSPS) is 12.4. The fourth-order valence-corrected chi connectivity index (χ4v) is 3.99. The third-order valence-corrected chi connectivity index (χ3v) is 5.47. The molecule has 0 atom stereocenters. The van der Waals surface area contributed by atoms with Gasteiger partial charge in [0.05, 0.1) is 11.4 Å². The summed E-state index contributed by atoms with van der Waals surface area (Å²) < 4.78 is 12.3. The Balaban J connectivity index is 1.34. The number of aryl methyl sites for hydroxylation is 1. The summed E-state index contributed by atoms with van der Waals surface area (Å²) in [6.07, 6.45) is 3.20. The molecule has 0 radical (unpaired) electrons. The summed E-state index contributed by atoms with van der Waals surface area (Å²) in [5.74, 6) is 1.68. The van der Waals surface area contributed by atoms with E-state index >= 15 is 0 Å². The molecule has 4 aromatic rings. The molecule has 1 N–H and O–H groups in total. The van der Waals surface area contributed by atoms with Crippen LogP contribution in [-0.4, -0.2) is 27.5 Å². The second-order valence-corrected chi connectivity index (χ2v) is 7.74. The first-order chi connectivity index (χ1) is 15.2. The van der Waals surface area contributed by atoms with Crippen LogP contribution in [0.1, 0.15) is 11.3 Å². The molecule has 0 unspecified atom stereocenters. The van der Waals surface area contributed by atoms with Crippen LogP contribution in [0, 0.1) is 6.92 Å². The summed E-state index contributed by atoms with van der Waals surface area (Å²) in [7, 11) is 0. The van der Waals surface area contributed by atoms with Gasteiger partial charge < -0.3 is 14.8 Å². The van der Waals surface area contributed by atoms with E-state index in [0.717, 1.165) is 22.5 Å². The molecule has 0 aliphatic carbocycles. The van der Waals surface area contributed by atoms with Crippen molar-refractivity contribution in [2.45, 2.75) is 6.92 Å². The summed E-state index contributed by atoms with van der Waals surface area (Å²) >= 11 is 1.47. The molecule has 2 aromatic heterocycles. The summed E-state index contributed by atoms with van der Waals surface area (Å²) in [6, 6.07) is 17.3. The van der Waals surface area contributed by atoms with Crippen molar-refractivity contribution < 1.29 is 14.3 Å². The Morgan fingerprint density at radius 2 is 1.97 bits per heavy atom. The van der Waals surface area contributed by atoms with E-state index in [4.69, 9.17) is 9.47 Å². The first-order valence-corrected chi connectivity index (χ1v) is 10.5. The third-order valence-electron chi connectivity index (χ3n) is 4.65. The number of thiazole rings is 1. The van der Waals surface area contributed by atoms with E-state index in [9.17, 15) is 4.79 Å². The van der Waals surface area contributed by atoms with Crippen LogP contribution in [0.2, 0.25) is 0 Å². The number of nitrogens with zero attached hydrogens (tertiary/aromatic N) is 3. The predicted molar refractivity (Wildman–Crippen MR) is 120 cm³/mol. The van der Waals surface area contributed by atoms with Gasteiger partial charge in [0.2, 0.25) is 17.8 Å². The van der Waals surface area contributed by atoms with Gasteiger partial charge in [-0.1, -0.05) is 36.4 Å². The highest BCUT2D eigenvalue weighted by molar-refractivity contribution is 7.12. The molecule has 1 amide bonds. The Bertz CT molecular complexity index is 1280. The zero-order valence-electron chi connectivity index (χ0n) is 16.6. The van der Waals surface area contributed by atoms with Gasteiger partial charge in [0, 0.05) is 23.1 Å². The van der Waals surface area contributed by atoms with Gasteiger partial charge in [-0.25, -0.2) is 4.98 Å². The highest BCUT2D eigenvalue weighted by Gasteiger charge is 2.14. The molecule has 7 nitrogen and oxygen atoms in total. The Labute approximate surface area is 182 Å². The summed E-state index contributed by atoms with van der Waals surface area (Å²) in [5.41, 5.74) is 3.53. The van der Waals surface area contributed by atoms with Crippen molar-refractivity contribution in [3.63, 3.8) is 0 Å². The molecule has 8 heteroatoms. The van der Waals surface area contributed by atoms with Gasteiger partial charge in [0.25, 0.3) is 0 Å². The highest BCUT2D eigenvalue weighted by Crippen LogP contribution is 2.33. The lowest BCUT2D eigenvalue weighted by molar-refractivity contribution is -0.111. The Morgan fingerprint density at radius 3 is 2.84 bits per heavy atom. The van der Waals surface area contributed by atoms with Gasteiger partial charge in [-0.15, -0.1) is 11.3 Å². The number of ether oxygens (including phenoxy) is 2. The first kappa shape index (κ1) is 19.1. The molecule has 154 valence electrons. The molecule has 1 aliphatic heterocycles. The lowest BCUT2D eigenvalue weighted by Crippen LogP contribution is -2.12. The maximum absolute atomic E-state index is 12.5. The lowest BCUT2D eigenvalue weighted by Gasteiger charge is -2.04. The minimum Gasteiger partial charge on any atom is -0.454 e. The van der Waals surface area contributed by atoms with Gasteiger partial charge >= 0.3 is 0 Å². The van der Waals surface area contributed by atoms with Gasteiger partial charge in [0.1, 0.15) is 5.82 Å². The number of carbonyl (C=O) groups excluding carboxylic acids is 1. The van der Waals surface area contributed by atoms with Crippen LogP contribution in [-0.2, 0) is 4.79 Å². The van der Waals surface area contributed by atoms with E-state index in [2.05, 4.69) is 15.4 Å². The number of aromatic nitrogens is 3. The first-order valence-electron chi connectivity index (χ1n) is 9.62. The van der Waals surface area contributed by atoms with E-state index in [0.29, 0.717) is 22.4 Å². The Morgan fingerprint density at radius 1 is 1.13 bits per heavy atom. The van der Waals surface area contributed by atoms with Crippen molar-refractivity contribution in [1.29, 1.82) is 0 Å². The van der Waals surface area contributed by atoms with E-state index in [-0.39, 0.29) is 12.7 Å². The molecule has 0 saturated heterocycles. The van der Waals surface area contributed by atoms with Gasteiger partial charge in [-0.2, -0.15) is 9.78 Å². The second kappa shape index (κ2) is 8.08. The number of nitrogens with one attached hydrogen (secondary N) is 1. The number of hydrogen-bond acceptors (Lipinski definition) is 6. The molecule has 0 saturated carbocycles. The highest BCUT2D eigenvalue weighted by atomic mass is 32.1.